The lowest BCUT2D eigenvalue weighted by atomic mass is 10.3. The monoisotopic (exact) mass is 352 g/mol. The van der Waals surface area contributed by atoms with Crippen LogP contribution < -0.4 is 5.32 Å². The second kappa shape index (κ2) is 10.7. The first-order chi connectivity index (χ1) is 12.3. The summed E-state index contributed by atoms with van der Waals surface area (Å²) in [7, 11) is 3.44. The van der Waals surface area contributed by atoms with Crippen LogP contribution >= 0.6 is 0 Å². The van der Waals surface area contributed by atoms with Crippen LogP contribution in [-0.2, 0) is 9.47 Å². The summed E-state index contributed by atoms with van der Waals surface area (Å²) in [6, 6.07) is 3.43. The fourth-order valence-electron chi connectivity index (χ4n) is 2.63. The largest absolute Gasteiger partial charge is 0.459 e. The highest BCUT2D eigenvalue weighted by Crippen LogP contribution is 2.09. The molecule has 1 aliphatic rings. The first-order valence-corrected chi connectivity index (χ1v) is 8.61. The van der Waals surface area contributed by atoms with Crippen LogP contribution in [0.3, 0.4) is 0 Å². The van der Waals surface area contributed by atoms with Gasteiger partial charge in [0.2, 0.25) is 0 Å². The minimum atomic E-state index is -0.0548. The molecule has 1 aromatic rings. The first-order valence-electron chi connectivity index (χ1n) is 8.61. The van der Waals surface area contributed by atoms with Crippen molar-refractivity contribution in [2.24, 2.45) is 4.99 Å². The SMILES string of the molecule is CN=C(NCCCOCCOC)N1CCN(C(=O)c2ccco2)CC1. The summed E-state index contributed by atoms with van der Waals surface area (Å²) in [5, 5.41) is 3.34. The Morgan fingerprint density at radius 1 is 1.24 bits per heavy atom. The van der Waals surface area contributed by atoms with E-state index in [1.807, 2.05) is 4.90 Å². The normalized spacial score (nSPS) is 15.5. The number of guanidine groups is 1. The smallest absolute Gasteiger partial charge is 0.289 e. The lowest BCUT2D eigenvalue weighted by Crippen LogP contribution is -2.53. The van der Waals surface area contributed by atoms with Gasteiger partial charge in [-0.1, -0.05) is 0 Å². The minimum Gasteiger partial charge on any atom is -0.459 e. The molecule has 25 heavy (non-hydrogen) atoms. The van der Waals surface area contributed by atoms with Gasteiger partial charge in [-0.15, -0.1) is 0 Å². The number of carbonyl (C=O) groups is 1. The number of amides is 1. The minimum absolute atomic E-state index is 0.0548. The summed E-state index contributed by atoms with van der Waals surface area (Å²) in [6.45, 7) is 5.53. The predicted octanol–water partition coefficient (Wildman–Crippen LogP) is 0.666. The van der Waals surface area contributed by atoms with Crippen LogP contribution in [0.5, 0.6) is 0 Å². The Morgan fingerprint density at radius 3 is 2.64 bits per heavy atom. The fourth-order valence-corrected chi connectivity index (χ4v) is 2.63. The van der Waals surface area contributed by atoms with Gasteiger partial charge in [-0.05, 0) is 18.6 Å². The highest BCUT2D eigenvalue weighted by atomic mass is 16.5. The highest BCUT2D eigenvalue weighted by Gasteiger charge is 2.24. The molecule has 0 unspecified atom stereocenters. The van der Waals surface area contributed by atoms with E-state index in [-0.39, 0.29) is 5.91 Å². The van der Waals surface area contributed by atoms with Gasteiger partial charge in [0.1, 0.15) is 0 Å². The molecule has 0 aliphatic carbocycles. The number of nitrogens with one attached hydrogen (secondary N) is 1. The van der Waals surface area contributed by atoms with Crippen LogP contribution in [-0.4, -0.2) is 88.4 Å². The summed E-state index contributed by atoms with van der Waals surface area (Å²) in [6.07, 6.45) is 2.42. The van der Waals surface area contributed by atoms with Crippen molar-refractivity contribution in [3.63, 3.8) is 0 Å². The molecule has 0 atom stereocenters. The molecule has 1 N–H and O–H groups in total. The van der Waals surface area contributed by atoms with Gasteiger partial charge in [0, 0.05) is 53.5 Å². The second-order valence-electron chi connectivity index (χ2n) is 5.69. The fraction of sp³-hybridized carbons (Fsp3) is 0.647. The Kier molecular flexibility index (Phi) is 8.27. The zero-order chi connectivity index (χ0) is 17.9. The lowest BCUT2D eigenvalue weighted by molar-refractivity contribution is 0.0655. The van der Waals surface area contributed by atoms with Crippen LogP contribution in [0.25, 0.3) is 0 Å². The molecular formula is C17H28N4O4. The van der Waals surface area contributed by atoms with Crippen molar-refractivity contribution in [2.45, 2.75) is 6.42 Å². The molecule has 1 amide bonds. The zero-order valence-corrected chi connectivity index (χ0v) is 15.1. The van der Waals surface area contributed by atoms with Gasteiger partial charge < -0.3 is 29.0 Å². The molecule has 1 fully saturated rings. The molecule has 0 aromatic carbocycles. The number of nitrogens with zero attached hydrogens (tertiary/aromatic N) is 3. The van der Waals surface area contributed by atoms with E-state index in [1.165, 1.54) is 6.26 Å². The van der Waals surface area contributed by atoms with Gasteiger partial charge in [0.05, 0.1) is 19.5 Å². The third-order valence-electron chi connectivity index (χ3n) is 3.99. The van der Waals surface area contributed by atoms with E-state index in [2.05, 4.69) is 15.2 Å². The molecule has 1 saturated heterocycles. The highest BCUT2D eigenvalue weighted by molar-refractivity contribution is 5.91. The lowest BCUT2D eigenvalue weighted by Gasteiger charge is -2.36. The van der Waals surface area contributed by atoms with Gasteiger partial charge in [-0.3, -0.25) is 9.79 Å². The van der Waals surface area contributed by atoms with Crippen molar-refractivity contribution >= 4 is 11.9 Å². The van der Waals surface area contributed by atoms with Crippen LogP contribution in [0, 0.1) is 0 Å². The van der Waals surface area contributed by atoms with Crippen LogP contribution in [0.15, 0.2) is 27.8 Å². The standard InChI is InChI=1S/C17H28N4O4/c1-18-17(19-6-4-11-24-14-13-23-2)21-9-7-20(8-10-21)16(22)15-5-3-12-25-15/h3,5,12H,4,6-11,13-14H2,1-2H3,(H,18,19). The number of hydrogen-bond donors (Lipinski definition) is 1. The Balaban J connectivity index is 1.67. The maximum atomic E-state index is 12.3. The Hall–Kier alpha value is -2.06. The molecule has 0 radical (unpaired) electrons. The summed E-state index contributed by atoms with van der Waals surface area (Å²) in [4.78, 5) is 20.6. The molecular weight excluding hydrogens is 324 g/mol. The van der Waals surface area contributed by atoms with Crippen LogP contribution in [0.2, 0.25) is 0 Å². The van der Waals surface area contributed by atoms with Crippen molar-refractivity contribution in [3.05, 3.63) is 24.2 Å². The van der Waals surface area contributed by atoms with Gasteiger partial charge in [0.25, 0.3) is 5.91 Å². The molecule has 1 aliphatic heterocycles. The number of furan rings is 1. The van der Waals surface area contributed by atoms with Crippen LogP contribution in [0.1, 0.15) is 17.0 Å². The van der Waals surface area contributed by atoms with Gasteiger partial charge in [-0.25, -0.2) is 0 Å². The van der Waals surface area contributed by atoms with Gasteiger partial charge >= 0.3 is 0 Å². The van der Waals surface area contributed by atoms with Crippen molar-refractivity contribution in [1.29, 1.82) is 0 Å². The Labute approximate surface area is 148 Å². The zero-order valence-electron chi connectivity index (χ0n) is 15.1. The van der Waals surface area contributed by atoms with E-state index in [0.717, 1.165) is 32.0 Å². The van der Waals surface area contributed by atoms with E-state index >= 15 is 0 Å². The number of aliphatic imine (C=N–C) groups is 1. The number of piperazine rings is 1. The number of hydrogen-bond acceptors (Lipinski definition) is 5. The molecule has 2 rings (SSSR count). The molecule has 8 heteroatoms. The van der Waals surface area contributed by atoms with E-state index in [1.54, 1.807) is 26.3 Å². The van der Waals surface area contributed by atoms with Gasteiger partial charge in [0.15, 0.2) is 11.7 Å². The van der Waals surface area contributed by atoms with Crippen LogP contribution in [0.4, 0.5) is 0 Å². The third kappa shape index (κ3) is 6.06. The Morgan fingerprint density at radius 2 is 2.00 bits per heavy atom. The quantitative estimate of drug-likeness (QED) is 0.421. The maximum absolute atomic E-state index is 12.3. The van der Waals surface area contributed by atoms with E-state index < -0.39 is 0 Å². The van der Waals surface area contributed by atoms with Crippen molar-refractivity contribution in [3.8, 4) is 0 Å². The first kappa shape index (κ1) is 19.3. The molecule has 1 aromatic heterocycles. The van der Waals surface area contributed by atoms with Crippen molar-refractivity contribution in [1.82, 2.24) is 15.1 Å². The predicted molar refractivity (Wildman–Crippen MR) is 94.9 cm³/mol. The number of rotatable bonds is 8. The molecule has 8 nitrogen and oxygen atoms in total. The second-order valence-corrected chi connectivity index (χ2v) is 5.69. The third-order valence-corrected chi connectivity index (χ3v) is 3.99. The van der Waals surface area contributed by atoms with E-state index in [9.17, 15) is 4.79 Å². The topological polar surface area (TPSA) is 79.5 Å². The maximum Gasteiger partial charge on any atom is 0.289 e. The Bertz CT molecular complexity index is 525. The molecule has 0 bridgehead atoms. The van der Waals surface area contributed by atoms with Gasteiger partial charge in [-0.2, -0.15) is 0 Å². The summed E-state index contributed by atoms with van der Waals surface area (Å²) < 4.78 is 15.6. The van der Waals surface area contributed by atoms with Crippen molar-refractivity contribution < 1.29 is 18.7 Å². The molecule has 2 heterocycles. The molecule has 140 valence electrons. The summed E-state index contributed by atoms with van der Waals surface area (Å²) in [5.74, 6) is 1.20. The summed E-state index contributed by atoms with van der Waals surface area (Å²) >= 11 is 0. The average molecular weight is 352 g/mol. The number of ether oxygens (including phenoxy) is 2. The van der Waals surface area contributed by atoms with E-state index in [0.29, 0.717) is 38.7 Å². The number of methoxy groups -OCH3 is 1. The van der Waals surface area contributed by atoms with E-state index in [4.69, 9.17) is 13.9 Å². The van der Waals surface area contributed by atoms with Crippen molar-refractivity contribution in [2.75, 3.05) is 66.7 Å². The average Bonchev–Trinajstić information content (AvgIpc) is 3.18. The number of carbonyl (C=O) groups excluding carboxylic acids is 1. The molecule has 0 saturated carbocycles. The molecule has 0 spiro atoms. The summed E-state index contributed by atoms with van der Waals surface area (Å²) in [5.41, 5.74) is 0.